The van der Waals surface area contributed by atoms with Crippen LogP contribution in [0.15, 0.2) is 36.7 Å². The predicted octanol–water partition coefficient (Wildman–Crippen LogP) is 1.63. The molecule has 1 aromatic carbocycles. The largest absolute Gasteiger partial charge is 0.270 e. The highest BCUT2D eigenvalue weighted by molar-refractivity contribution is 6.25. The number of pyridine rings is 1. The van der Waals surface area contributed by atoms with Crippen LogP contribution >= 0.6 is 0 Å². The standard InChI is InChI=1S/C16H9N5O2/c17-5-9-3-1-2-4-10(9)8-21-15(22)12-6-18-14-11(7-19-20-14)13(12)16(21)23/h1-4,6-7H,8H2,(H,18,19,20). The lowest BCUT2D eigenvalue weighted by Gasteiger charge is -2.14. The summed E-state index contributed by atoms with van der Waals surface area (Å²) in [6, 6.07) is 8.96. The molecular formula is C16H9N5O2. The second kappa shape index (κ2) is 4.74. The molecule has 0 radical (unpaired) electrons. The lowest BCUT2D eigenvalue weighted by Crippen LogP contribution is -2.29. The SMILES string of the molecule is N#Cc1ccccc1CN1C(=O)c2cnc3[nH]ncc3c2C1=O. The molecule has 0 unspecified atom stereocenters. The minimum Gasteiger partial charge on any atom is -0.270 e. The molecule has 7 nitrogen and oxygen atoms in total. The van der Waals surface area contributed by atoms with E-state index < -0.39 is 11.8 Å². The molecule has 0 spiro atoms. The molecule has 1 N–H and O–H groups in total. The molecule has 0 saturated carbocycles. The molecule has 0 saturated heterocycles. The van der Waals surface area contributed by atoms with Gasteiger partial charge in [-0.25, -0.2) is 4.98 Å². The fraction of sp³-hybridized carbons (Fsp3) is 0.0625. The second-order valence-electron chi connectivity index (χ2n) is 5.14. The van der Waals surface area contributed by atoms with Crippen molar-refractivity contribution >= 4 is 22.8 Å². The van der Waals surface area contributed by atoms with Crippen LogP contribution in [0, 0.1) is 11.3 Å². The Morgan fingerprint density at radius 3 is 2.83 bits per heavy atom. The lowest BCUT2D eigenvalue weighted by atomic mass is 10.1. The minimum atomic E-state index is -0.409. The molecule has 2 amide bonds. The van der Waals surface area contributed by atoms with Crippen molar-refractivity contribution in [1.82, 2.24) is 20.1 Å². The fourth-order valence-electron chi connectivity index (χ4n) is 2.75. The molecule has 2 aromatic heterocycles. The first-order valence-corrected chi connectivity index (χ1v) is 6.87. The van der Waals surface area contributed by atoms with Gasteiger partial charge in [0.1, 0.15) is 0 Å². The molecule has 0 bridgehead atoms. The fourth-order valence-corrected chi connectivity index (χ4v) is 2.75. The van der Waals surface area contributed by atoms with Gasteiger partial charge < -0.3 is 0 Å². The van der Waals surface area contributed by atoms with Crippen molar-refractivity contribution in [2.24, 2.45) is 0 Å². The van der Waals surface area contributed by atoms with Crippen LogP contribution in [0.5, 0.6) is 0 Å². The molecule has 1 aliphatic rings. The number of nitriles is 1. The quantitative estimate of drug-likeness (QED) is 0.725. The number of benzene rings is 1. The maximum absolute atomic E-state index is 12.7. The van der Waals surface area contributed by atoms with E-state index >= 15 is 0 Å². The average Bonchev–Trinajstić information content (AvgIpc) is 3.14. The highest BCUT2D eigenvalue weighted by Crippen LogP contribution is 2.29. The third-order valence-corrected chi connectivity index (χ3v) is 3.88. The van der Waals surface area contributed by atoms with E-state index in [1.807, 2.05) is 0 Å². The molecule has 0 fully saturated rings. The number of carbonyl (C=O) groups is 2. The number of nitrogens with one attached hydrogen (secondary N) is 1. The summed E-state index contributed by atoms with van der Waals surface area (Å²) in [5.41, 5.74) is 2.10. The molecule has 0 aliphatic carbocycles. The van der Waals surface area contributed by atoms with Crippen molar-refractivity contribution in [3.63, 3.8) is 0 Å². The van der Waals surface area contributed by atoms with Gasteiger partial charge in [0.2, 0.25) is 0 Å². The van der Waals surface area contributed by atoms with Crippen molar-refractivity contribution < 1.29 is 9.59 Å². The van der Waals surface area contributed by atoms with E-state index in [1.54, 1.807) is 24.3 Å². The van der Waals surface area contributed by atoms with Crippen molar-refractivity contribution in [3.8, 4) is 6.07 Å². The first kappa shape index (κ1) is 13.2. The Kier molecular flexibility index (Phi) is 2.71. The van der Waals surface area contributed by atoms with Crippen LogP contribution < -0.4 is 0 Å². The van der Waals surface area contributed by atoms with E-state index in [9.17, 15) is 9.59 Å². The highest BCUT2D eigenvalue weighted by Gasteiger charge is 2.38. The van der Waals surface area contributed by atoms with Gasteiger partial charge in [0, 0.05) is 6.20 Å². The van der Waals surface area contributed by atoms with E-state index in [2.05, 4.69) is 21.3 Å². The zero-order chi connectivity index (χ0) is 16.0. The van der Waals surface area contributed by atoms with Gasteiger partial charge in [0.15, 0.2) is 5.65 Å². The van der Waals surface area contributed by atoms with E-state index in [4.69, 9.17) is 5.26 Å². The third kappa shape index (κ3) is 1.82. The molecule has 4 rings (SSSR count). The normalized spacial score (nSPS) is 13.4. The first-order chi connectivity index (χ1) is 11.2. The van der Waals surface area contributed by atoms with Crippen LogP contribution in [-0.2, 0) is 6.54 Å². The number of carbonyl (C=O) groups excluding carboxylic acids is 2. The van der Waals surface area contributed by atoms with Crippen LogP contribution in [0.25, 0.3) is 11.0 Å². The summed E-state index contributed by atoms with van der Waals surface area (Å²) in [6.45, 7) is 0.0510. The molecule has 23 heavy (non-hydrogen) atoms. The number of imide groups is 1. The average molecular weight is 303 g/mol. The number of hydrogen-bond acceptors (Lipinski definition) is 5. The first-order valence-electron chi connectivity index (χ1n) is 6.87. The molecule has 0 atom stereocenters. The monoisotopic (exact) mass is 303 g/mol. The van der Waals surface area contributed by atoms with Gasteiger partial charge in [-0.1, -0.05) is 18.2 Å². The number of rotatable bonds is 2. The zero-order valence-corrected chi connectivity index (χ0v) is 11.8. The van der Waals surface area contributed by atoms with E-state index in [0.29, 0.717) is 27.7 Å². The van der Waals surface area contributed by atoms with Gasteiger partial charge in [-0.3, -0.25) is 19.6 Å². The van der Waals surface area contributed by atoms with E-state index in [-0.39, 0.29) is 12.1 Å². The topological polar surface area (TPSA) is 103 Å². The van der Waals surface area contributed by atoms with E-state index in [0.717, 1.165) is 4.90 Å². The Labute approximate surface area is 130 Å². The maximum atomic E-state index is 12.7. The molecule has 110 valence electrons. The maximum Gasteiger partial charge on any atom is 0.263 e. The van der Waals surface area contributed by atoms with Gasteiger partial charge in [-0.05, 0) is 11.6 Å². The van der Waals surface area contributed by atoms with Crippen molar-refractivity contribution in [2.75, 3.05) is 0 Å². The van der Waals surface area contributed by atoms with Crippen molar-refractivity contribution in [2.45, 2.75) is 6.54 Å². The summed E-state index contributed by atoms with van der Waals surface area (Å²) < 4.78 is 0. The third-order valence-electron chi connectivity index (χ3n) is 3.88. The lowest BCUT2D eigenvalue weighted by molar-refractivity contribution is 0.0643. The number of hydrogen-bond donors (Lipinski definition) is 1. The Balaban J connectivity index is 1.79. The zero-order valence-electron chi connectivity index (χ0n) is 11.8. The number of amides is 2. The van der Waals surface area contributed by atoms with Crippen LogP contribution in [-0.4, -0.2) is 31.9 Å². The summed E-state index contributed by atoms with van der Waals surface area (Å²) in [5.74, 6) is -0.806. The Morgan fingerprint density at radius 2 is 2.00 bits per heavy atom. The number of H-pyrrole nitrogens is 1. The van der Waals surface area contributed by atoms with Gasteiger partial charge >= 0.3 is 0 Å². The number of aromatic amines is 1. The van der Waals surface area contributed by atoms with E-state index in [1.165, 1.54) is 12.4 Å². The molecule has 3 heterocycles. The van der Waals surface area contributed by atoms with Crippen molar-refractivity contribution in [1.29, 1.82) is 5.26 Å². The number of fused-ring (bicyclic) bond motifs is 3. The summed E-state index contributed by atoms with van der Waals surface area (Å²) >= 11 is 0. The predicted molar refractivity (Wildman–Crippen MR) is 79.2 cm³/mol. The summed E-state index contributed by atoms with van der Waals surface area (Å²) in [4.78, 5) is 30.4. The van der Waals surface area contributed by atoms with Gasteiger partial charge in [-0.2, -0.15) is 10.4 Å². The van der Waals surface area contributed by atoms with Crippen LogP contribution in [0.2, 0.25) is 0 Å². The van der Waals surface area contributed by atoms with Crippen LogP contribution in [0.1, 0.15) is 31.8 Å². The smallest absolute Gasteiger partial charge is 0.263 e. The van der Waals surface area contributed by atoms with Gasteiger partial charge in [-0.15, -0.1) is 0 Å². The Hall–Kier alpha value is -3.53. The summed E-state index contributed by atoms with van der Waals surface area (Å²) in [7, 11) is 0. The number of aromatic nitrogens is 3. The van der Waals surface area contributed by atoms with Crippen molar-refractivity contribution in [3.05, 3.63) is 58.9 Å². The number of nitrogens with zero attached hydrogens (tertiary/aromatic N) is 4. The van der Waals surface area contributed by atoms with Crippen LogP contribution in [0.4, 0.5) is 0 Å². The molecule has 3 aromatic rings. The van der Waals surface area contributed by atoms with Gasteiger partial charge in [0.05, 0.1) is 40.9 Å². The highest BCUT2D eigenvalue weighted by atomic mass is 16.2. The summed E-state index contributed by atoms with van der Waals surface area (Å²) in [5, 5.41) is 16.2. The Bertz CT molecular complexity index is 1010. The summed E-state index contributed by atoms with van der Waals surface area (Å²) in [6.07, 6.45) is 2.87. The second-order valence-corrected chi connectivity index (χ2v) is 5.14. The Morgan fingerprint density at radius 1 is 1.17 bits per heavy atom. The molecule has 7 heteroatoms. The molecular weight excluding hydrogens is 294 g/mol. The minimum absolute atomic E-state index is 0.0510. The van der Waals surface area contributed by atoms with Gasteiger partial charge in [0.25, 0.3) is 11.8 Å². The molecule has 1 aliphatic heterocycles. The van der Waals surface area contributed by atoms with Crippen LogP contribution in [0.3, 0.4) is 0 Å².